The number of aromatic amines is 1. The van der Waals surface area contributed by atoms with Crippen molar-refractivity contribution in [3.05, 3.63) is 51.9 Å². The van der Waals surface area contributed by atoms with Gasteiger partial charge in [-0.25, -0.2) is 4.98 Å². The van der Waals surface area contributed by atoms with Crippen molar-refractivity contribution in [2.75, 3.05) is 24.5 Å². The first kappa shape index (κ1) is 19.0. The van der Waals surface area contributed by atoms with E-state index in [1.165, 1.54) is 68.8 Å². The van der Waals surface area contributed by atoms with Gasteiger partial charge in [-0.1, -0.05) is 6.07 Å². The molecule has 3 heterocycles. The van der Waals surface area contributed by atoms with Gasteiger partial charge in [0.25, 0.3) is 5.56 Å². The van der Waals surface area contributed by atoms with Gasteiger partial charge in [0.1, 0.15) is 5.75 Å². The number of hydrogen-bond acceptors (Lipinski definition) is 5. The molecule has 8 rings (SSSR count). The Balaban J connectivity index is 1.29. The summed E-state index contributed by atoms with van der Waals surface area (Å²) in [4.78, 5) is 25.0. The van der Waals surface area contributed by atoms with E-state index in [4.69, 9.17) is 0 Å². The normalized spacial score (nSPS) is 40.5. The van der Waals surface area contributed by atoms with Gasteiger partial charge in [0.2, 0.25) is 5.95 Å². The number of phenols is 1. The van der Waals surface area contributed by atoms with Gasteiger partial charge in [-0.15, -0.1) is 0 Å². The molecule has 5 fully saturated rings. The van der Waals surface area contributed by atoms with Crippen molar-refractivity contribution in [1.29, 1.82) is 0 Å². The maximum absolute atomic E-state index is 12.1. The van der Waals surface area contributed by atoms with Gasteiger partial charge < -0.3 is 10.0 Å². The highest BCUT2D eigenvalue weighted by Crippen LogP contribution is 2.75. The maximum Gasteiger partial charge on any atom is 0.252 e. The van der Waals surface area contributed by atoms with Crippen molar-refractivity contribution >= 4 is 5.95 Å². The maximum atomic E-state index is 12.1. The van der Waals surface area contributed by atoms with E-state index in [0.29, 0.717) is 35.1 Å². The molecule has 6 nitrogen and oxygen atoms in total. The lowest BCUT2D eigenvalue weighted by atomic mass is 9.43. The van der Waals surface area contributed by atoms with Crippen LogP contribution < -0.4 is 10.5 Å². The molecule has 172 valence electrons. The van der Waals surface area contributed by atoms with Crippen LogP contribution in [0.2, 0.25) is 0 Å². The van der Waals surface area contributed by atoms with Crippen LogP contribution >= 0.6 is 0 Å². The Labute approximate surface area is 194 Å². The number of aromatic nitrogens is 2. The van der Waals surface area contributed by atoms with Crippen LogP contribution in [0.3, 0.4) is 0 Å². The first-order valence-electron chi connectivity index (χ1n) is 13.0. The second kappa shape index (κ2) is 6.21. The molecule has 0 spiro atoms. The van der Waals surface area contributed by atoms with Crippen molar-refractivity contribution in [3.63, 3.8) is 0 Å². The number of rotatable bonds is 3. The van der Waals surface area contributed by atoms with Gasteiger partial charge in [0.15, 0.2) is 0 Å². The predicted molar refractivity (Wildman–Crippen MR) is 125 cm³/mol. The number of benzene rings is 1. The summed E-state index contributed by atoms with van der Waals surface area (Å²) < 4.78 is 0. The minimum Gasteiger partial charge on any atom is -0.508 e. The lowest BCUT2D eigenvalue weighted by Gasteiger charge is -2.66. The number of likely N-dealkylation sites (tertiary alicyclic amines) is 1. The fourth-order valence-corrected chi connectivity index (χ4v) is 9.69. The number of H-pyrrole nitrogens is 1. The number of phenolic OH excluding ortho intramolecular Hbond substituents is 1. The average molecular weight is 445 g/mol. The second-order valence-electron chi connectivity index (χ2n) is 11.9. The highest BCUT2D eigenvalue weighted by atomic mass is 16.3. The summed E-state index contributed by atoms with van der Waals surface area (Å²) in [7, 11) is 0. The number of anilines is 1. The van der Waals surface area contributed by atoms with E-state index in [-0.39, 0.29) is 11.0 Å². The molecule has 6 aliphatic rings. The highest BCUT2D eigenvalue weighted by molar-refractivity contribution is 5.53. The zero-order chi connectivity index (χ0) is 21.9. The Bertz CT molecular complexity index is 1210. The van der Waals surface area contributed by atoms with Crippen LogP contribution in [0, 0.1) is 23.2 Å². The zero-order valence-electron chi connectivity index (χ0n) is 19.0. The van der Waals surface area contributed by atoms with E-state index >= 15 is 0 Å². The first-order chi connectivity index (χ1) is 16.1. The molecule has 0 radical (unpaired) electrons. The molecular weight excluding hydrogens is 412 g/mol. The number of piperidine rings is 1. The molecule has 6 heteroatoms. The molecule has 2 saturated heterocycles. The lowest BCUT2D eigenvalue weighted by molar-refractivity contribution is -0.0921. The molecule has 2 aliphatic heterocycles. The van der Waals surface area contributed by atoms with Crippen LogP contribution in [0.5, 0.6) is 5.75 Å². The third-order valence-electron chi connectivity index (χ3n) is 10.7. The Hall–Kier alpha value is -2.34. The smallest absolute Gasteiger partial charge is 0.252 e. The summed E-state index contributed by atoms with van der Waals surface area (Å²) in [5.74, 6) is 3.28. The first-order valence-corrected chi connectivity index (χ1v) is 13.0. The van der Waals surface area contributed by atoms with E-state index < -0.39 is 0 Å². The van der Waals surface area contributed by atoms with Gasteiger partial charge in [0, 0.05) is 42.9 Å². The van der Waals surface area contributed by atoms with Gasteiger partial charge >= 0.3 is 0 Å². The molecule has 0 amide bonds. The van der Waals surface area contributed by atoms with E-state index in [9.17, 15) is 9.90 Å². The molecule has 2 N–H and O–H groups in total. The molecule has 4 bridgehead atoms. The number of nitrogens with one attached hydrogen (secondary N) is 1. The molecule has 6 atom stereocenters. The standard InChI is InChI=1S/C27H32N4O2/c32-19-4-3-17-11-22-26-7-5-21-24(18(13-26)15-31(21)25-28-9-6-23(33)29-25)27(26,20(17)12-19)8-10-30(22)14-16-1-2-16/h3-4,6,9,12,16,18,21-22,24,32H,1-2,5,7-8,10-11,13-15H2,(H,28,29,33)/t18-,21?,22?,24?,26?,27?/m1/s1. The zero-order valence-corrected chi connectivity index (χ0v) is 19.0. The third kappa shape index (κ3) is 2.28. The minimum atomic E-state index is -0.0678. The second-order valence-corrected chi connectivity index (χ2v) is 11.9. The van der Waals surface area contributed by atoms with Crippen LogP contribution in [0.4, 0.5) is 5.95 Å². The van der Waals surface area contributed by atoms with Gasteiger partial charge in [-0.3, -0.25) is 14.7 Å². The van der Waals surface area contributed by atoms with Crippen molar-refractivity contribution < 1.29 is 5.11 Å². The largest absolute Gasteiger partial charge is 0.508 e. The van der Waals surface area contributed by atoms with Crippen molar-refractivity contribution in [2.45, 2.75) is 62.4 Å². The van der Waals surface area contributed by atoms with Crippen LogP contribution in [0.25, 0.3) is 0 Å². The Kier molecular flexibility index (Phi) is 3.58. The van der Waals surface area contributed by atoms with Crippen LogP contribution in [-0.2, 0) is 11.8 Å². The molecule has 33 heavy (non-hydrogen) atoms. The fourth-order valence-electron chi connectivity index (χ4n) is 9.69. The summed E-state index contributed by atoms with van der Waals surface area (Å²) in [6.07, 6.45) is 10.5. The van der Waals surface area contributed by atoms with Crippen molar-refractivity contribution in [3.8, 4) is 5.75 Å². The van der Waals surface area contributed by atoms with Gasteiger partial charge in [-0.2, -0.15) is 0 Å². The highest BCUT2D eigenvalue weighted by Gasteiger charge is 2.76. The van der Waals surface area contributed by atoms with E-state index in [1.807, 2.05) is 6.07 Å². The Morgan fingerprint density at radius 2 is 2.09 bits per heavy atom. The summed E-state index contributed by atoms with van der Waals surface area (Å²) in [5.41, 5.74) is 3.33. The quantitative estimate of drug-likeness (QED) is 0.761. The molecular formula is C27H32N4O2. The Morgan fingerprint density at radius 3 is 2.94 bits per heavy atom. The summed E-state index contributed by atoms with van der Waals surface area (Å²) in [5, 5.41) is 10.6. The molecule has 5 unspecified atom stereocenters. The topological polar surface area (TPSA) is 72.5 Å². The van der Waals surface area contributed by atoms with Gasteiger partial charge in [0.05, 0.1) is 0 Å². The number of aromatic hydroxyl groups is 1. The van der Waals surface area contributed by atoms with Crippen molar-refractivity contribution in [1.82, 2.24) is 14.9 Å². The molecule has 3 saturated carbocycles. The van der Waals surface area contributed by atoms with Crippen molar-refractivity contribution in [2.24, 2.45) is 23.2 Å². The molecule has 1 aromatic carbocycles. The fraction of sp³-hybridized carbons (Fsp3) is 0.630. The van der Waals surface area contributed by atoms with E-state index in [1.54, 1.807) is 6.20 Å². The molecule has 4 aliphatic carbocycles. The third-order valence-corrected chi connectivity index (χ3v) is 10.7. The van der Waals surface area contributed by atoms with Crippen LogP contribution in [0.15, 0.2) is 35.3 Å². The predicted octanol–water partition coefficient (Wildman–Crippen LogP) is 3.06. The van der Waals surface area contributed by atoms with Crippen LogP contribution in [-0.4, -0.2) is 51.7 Å². The Morgan fingerprint density at radius 1 is 1.18 bits per heavy atom. The molecule has 1 aromatic heterocycles. The van der Waals surface area contributed by atoms with Crippen LogP contribution in [0.1, 0.15) is 49.7 Å². The van der Waals surface area contributed by atoms with E-state index in [0.717, 1.165) is 24.8 Å². The van der Waals surface area contributed by atoms with Gasteiger partial charge in [-0.05, 0) is 97.9 Å². The average Bonchev–Trinajstić information content (AvgIpc) is 3.49. The summed E-state index contributed by atoms with van der Waals surface area (Å²) in [6.45, 7) is 3.47. The SMILES string of the molecule is O=c1ccnc(N2C[C@H]3CC45CCC2C3C42CCN(CC3CC3)C5Cc3ccc(O)cc32)[nH]1. The number of hydrogen-bond donors (Lipinski definition) is 2. The number of fused-ring (bicyclic) bond motifs is 1. The monoisotopic (exact) mass is 444 g/mol. The lowest BCUT2D eigenvalue weighted by Crippen LogP contribution is -2.69. The molecule has 2 aromatic rings. The minimum absolute atomic E-state index is 0.0678. The summed E-state index contributed by atoms with van der Waals surface area (Å²) in [6, 6.07) is 8.81. The summed E-state index contributed by atoms with van der Waals surface area (Å²) >= 11 is 0. The van der Waals surface area contributed by atoms with E-state index in [2.05, 4.69) is 31.9 Å². The number of nitrogens with zero attached hydrogens (tertiary/aromatic N) is 3.